The summed E-state index contributed by atoms with van der Waals surface area (Å²) in [6.45, 7) is 8.65. The molecule has 0 amide bonds. The van der Waals surface area contributed by atoms with Gasteiger partial charge in [-0.15, -0.1) is 0 Å². The van der Waals surface area contributed by atoms with Crippen LogP contribution in [0.5, 0.6) is 5.75 Å². The lowest BCUT2D eigenvalue weighted by molar-refractivity contribution is -0.149. The number of carbonyl (C=O) groups is 1. The molecule has 6 heteroatoms. The molecule has 144 valence electrons. The zero-order valence-corrected chi connectivity index (χ0v) is 16.3. The number of likely N-dealkylation sites (tertiary alicyclic amines) is 1. The number of guanidine groups is 1. The van der Waals surface area contributed by atoms with Crippen LogP contribution in [0.4, 0.5) is 0 Å². The molecule has 0 aliphatic carbocycles. The van der Waals surface area contributed by atoms with Crippen LogP contribution in [0.3, 0.4) is 0 Å². The van der Waals surface area contributed by atoms with Crippen molar-refractivity contribution in [3.8, 4) is 5.75 Å². The van der Waals surface area contributed by atoms with E-state index in [4.69, 9.17) is 9.47 Å². The maximum Gasteiger partial charge on any atom is 0.309 e. The first-order valence-electron chi connectivity index (χ1n) is 9.41. The fourth-order valence-corrected chi connectivity index (χ4v) is 3.06. The second-order valence-electron chi connectivity index (χ2n) is 6.72. The molecule has 1 aliphatic heterocycles. The summed E-state index contributed by atoms with van der Waals surface area (Å²) in [5, 5.41) is 3.40. The number of nitrogens with one attached hydrogen (secondary N) is 1. The van der Waals surface area contributed by atoms with E-state index in [9.17, 15) is 4.79 Å². The van der Waals surface area contributed by atoms with Gasteiger partial charge in [-0.2, -0.15) is 0 Å². The van der Waals surface area contributed by atoms with Gasteiger partial charge in [-0.25, -0.2) is 0 Å². The van der Waals surface area contributed by atoms with Crippen molar-refractivity contribution in [1.29, 1.82) is 0 Å². The van der Waals surface area contributed by atoms with E-state index in [1.54, 1.807) is 7.05 Å². The minimum absolute atomic E-state index is 0.0119. The standard InChI is InChI=1S/C20H31N3O3/c1-5-25-19(24)17-10-12-23(13-11-17)20(21-4)22-14-16-6-8-18(9-7-16)26-15(2)3/h6-9,15,17H,5,10-14H2,1-4H3,(H,21,22). The second kappa shape index (κ2) is 10.0. The molecule has 0 saturated carbocycles. The van der Waals surface area contributed by atoms with Crippen molar-refractivity contribution < 1.29 is 14.3 Å². The van der Waals surface area contributed by atoms with Crippen LogP contribution in [0.1, 0.15) is 39.2 Å². The van der Waals surface area contributed by atoms with Crippen LogP contribution in [0.15, 0.2) is 29.3 Å². The van der Waals surface area contributed by atoms with Crippen molar-refractivity contribution in [2.24, 2.45) is 10.9 Å². The summed E-state index contributed by atoms with van der Waals surface area (Å²) < 4.78 is 10.8. The van der Waals surface area contributed by atoms with Crippen molar-refractivity contribution >= 4 is 11.9 Å². The van der Waals surface area contributed by atoms with Gasteiger partial charge >= 0.3 is 5.97 Å². The van der Waals surface area contributed by atoms with E-state index in [-0.39, 0.29) is 18.0 Å². The Balaban J connectivity index is 1.82. The molecule has 0 unspecified atom stereocenters. The van der Waals surface area contributed by atoms with Crippen LogP contribution in [-0.2, 0) is 16.1 Å². The van der Waals surface area contributed by atoms with Gasteiger partial charge in [0.15, 0.2) is 5.96 Å². The minimum Gasteiger partial charge on any atom is -0.491 e. The monoisotopic (exact) mass is 361 g/mol. The number of nitrogens with zero attached hydrogens (tertiary/aromatic N) is 2. The highest BCUT2D eigenvalue weighted by Gasteiger charge is 2.27. The van der Waals surface area contributed by atoms with Gasteiger partial charge in [-0.05, 0) is 51.3 Å². The Morgan fingerprint density at radius 2 is 1.92 bits per heavy atom. The molecule has 0 atom stereocenters. The van der Waals surface area contributed by atoms with Crippen molar-refractivity contribution in [2.45, 2.75) is 46.3 Å². The van der Waals surface area contributed by atoms with Crippen LogP contribution >= 0.6 is 0 Å². The summed E-state index contributed by atoms with van der Waals surface area (Å²) in [6, 6.07) is 8.10. The summed E-state index contributed by atoms with van der Waals surface area (Å²) in [7, 11) is 1.79. The predicted molar refractivity (Wildman–Crippen MR) is 103 cm³/mol. The largest absolute Gasteiger partial charge is 0.491 e. The predicted octanol–water partition coefficient (Wildman–Crippen LogP) is 2.82. The van der Waals surface area contributed by atoms with Gasteiger partial charge in [-0.3, -0.25) is 9.79 Å². The van der Waals surface area contributed by atoms with Crippen molar-refractivity contribution in [1.82, 2.24) is 10.2 Å². The molecule has 0 aromatic heterocycles. The van der Waals surface area contributed by atoms with Gasteiger partial charge in [-0.1, -0.05) is 12.1 Å². The molecule has 1 fully saturated rings. The summed E-state index contributed by atoms with van der Waals surface area (Å²) in [5.74, 6) is 1.69. The maximum atomic E-state index is 11.9. The number of hydrogen-bond donors (Lipinski definition) is 1. The van der Waals surface area contributed by atoms with E-state index in [0.717, 1.165) is 37.6 Å². The van der Waals surface area contributed by atoms with Crippen LogP contribution in [-0.4, -0.2) is 49.7 Å². The van der Waals surface area contributed by atoms with Gasteiger partial charge in [0.25, 0.3) is 0 Å². The Kier molecular flexibility index (Phi) is 7.75. The molecule has 1 N–H and O–H groups in total. The molecule has 0 radical (unpaired) electrons. The average Bonchev–Trinajstić information content (AvgIpc) is 2.64. The van der Waals surface area contributed by atoms with Crippen LogP contribution in [0.2, 0.25) is 0 Å². The Morgan fingerprint density at radius 3 is 2.46 bits per heavy atom. The number of benzene rings is 1. The molecular formula is C20H31N3O3. The minimum atomic E-state index is -0.0706. The zero-order valence-electron chi connectivity index (χ0n) is 16.3. The first-order chi connectivity index (χ1) is 12.5. The molecular weight excluding hydrogens is 330 g/mol. The fraction of sp³-hybridized carbons (Fsp3) is 0.600. The quantitative estimate of drug-likeness (QED) is 0.480. The first kappa shape index (κ1) is 20.1. The molecule has 26 heavy (non-hydrogen) atoms. The third kappa shape index (κ3) is 5.93. The lowest BCUT2D eigenvalue weighted by Gasteiger charge is -2.33. The third-order valence-electron chi connectivity index (χ3n) is 4.37. The topological polar surface area (TPSA) is 63.2 Å². The van der Waals surface area contributed by atoms with E-state index >= 15 is 0 Å². The highest BCUT2D eigenvalue weighted by molar-refractivity contribution is 5.80. The number of carbonyl (C=O) groups excluding carboxylic acids is 1. The van der Waals surface area contributed by atoms with Crippen LogP contribution in [0, 0.1) is 5.92 Å². The van der Waals surface area contributed by atoms with Crippen molar-refractivity contribution in [2.75, 3.05) is 26.7 Å². The lowest BCUT2D eigenvalue weighted by Crippen LogP contribution is -2.46. The molecule has 1 heterocycles. The van der Waals surface area contributed by atoms with Gasteiger partial charge in [0.05, 0.1) is 18.6 Å². The summed E-state index contributed by atoms with van der Waals surface area (Å²) in [6.07, 6.45) is 1.79. The number of hydrogen-bond acceptors (Lipinski definition) is 4. The highest BCUT2D eigenvalue weighted by Crippen LogP contribution is 2.19. The van der Waals surface area contributed by atoms with Crippen molar-refractivity contribution in [3.05, 3.63) is 29.8 Å². The molecule has 1 aromatic carbocycles. The SMILES string of the molecule is CCOC(=O)C1CCN(C(=NC)NCc2ccc(OC(C)C)cc2)CC1. The van der Waals surface area contributed by atoms with E-state index in [0.29, 0.717) is 13.2 Å². The number of piperidine rings is 1. The summed E-state index contributed by atoms with van der Waals surface area (Å²) in [5.41, 5.74) is 1.17. The van der Waals surface area contributed by atoms with Crippen LogP contribution < -0.4 is 10.1 Å². The smallest absolute Gasteiger partial charge is 0.309 e. The van der Waals surface area contributed by atoms with Gasteiger partial charge in [0, 0.05) is 26.7 Å². The normalized spacial score (nSPS) is 15.9. The van der Waals surface area contributed by atoms with E-state index in [1.165, 1.54) is 5.56 Å². The molecule has 1 aromatic rings. The maximum absolute atomic E-state index is 11.9. The molecule has 0 spiro atoms. The summed E-state index contributed by atoms with van der Waals surface area (Å²) >= 11 is 0. The number of rotatable bonds is 6. The Morgan fingerprint density at radius 1 is 1.27 bits per heavy atom. The summed E-state index contributed by atoms with van der Waals surface area (Å²) in [4.78, 5) is 18.4. The first-order valence-corrected chi connectivity index (χ1v) is 9.41. The van der Waals surface area contributed by atoms with Crippen LogP contribution in [0.25, 0.3) is 0 Å². The fourth-order valence-electron chi connectivity index (χ4n) is 3.06. The Hall–Kier alpha value is -2.24. The van der Waals surface area contributed by atoms with Gasteiger partial charge < -0.3 is 19.7 Å². The average molecular weight is 361 g/mol. The van der Waals surface area contributed by atoms with Gasteiger partial charge in [0.2, 0.25) is 0 Å². The molecule has 2 rings (SSSR count). The third-order valence-corrected chi connectivity index (χ3v) is 4.37. The zero-order chi connectivity index (χ0) is 18.9. The molecule has 1 aliphatic rings. The highest BCUT2D eigenvalue weighted by atomic mass is 16.5. The Labute approximate surface area is 156 Å². The Bertz CT molecular complexity index is 591. The van der Waals surface area contributed by atoms with E-state index < -0.39 is 0 Å². The van der Waals surface area contributed by atoms with Crippen molar-refractivity contribution in [3.63, 3.8) is 0 Å². The number of aliphatic imine (C=N–C) groups is 1. The lowest BCUT2D eigenvalue weighted by atomic mass is 9.97. The van der Waals surface area contributed by atoms with E-state index in [1.807, 2.05) is 32.9 Å². The molecule has 6 nitrogen and oxygen atoms in total. The number of ether oxygens (including phenoxy) is 2. The van der Waals surface area contributed by atoms with E-state index in [2.05, 4.69) is 27.3 Å². The number of esters is 1. The molecule has 0 bridgehead atoms. The van der Waals surface area contributed by atoms with Gasteiger partial charge in [0.1, 0.15) is 5.75 Å². The molecule has 1 saturated heterocycles. The second-order valence-corrected chi connectivity index (χ2v) is 6.72.